The quantitative estimate of drug-likeness (QED) is 0.699. The third-order valence-electron chi connectivity index (χ3n) is 2.28. The Kier molecular flexibility index (Phi) is 6.83. The summed E-state index contributed by atoms with van der Waals surface area (Å²) in [5.41, 5.74) is -0.611. The molecule has 0 aliphatic carbocycles. The Bertz CT molecular complexity index is 310. The maximum absolute atomic E-state index is 12.0. The molecule has 0 unspecified atom stereocenters. The molecule has 112 valence electrons. The topological polar surface area (TPSA) is 87.7 Å². The minimum absolute atomic E-state index is 0.0848. The normalized spacial score (nSPS) is 14.7. The molecule has 0 heterocycles. The van der Waals surface area contributed by atoms with Gasteiger partial charge in [-0.3, -0.25) is 4.79 Å². The van der Waals surface area contributed by atoms with Crippen LogP contribution in [0.5, 0.6) is 0 Å². The molecule has 0 rings (SSSR count). The van der Waals surface area contributed by atoms with Gasteiger partial charge in [-0.05, 0) is 33.6 Å². The second-order valence-electron chi connectivity index (χ2n) is 5.96. The van der Waals surface area contributed by atoms with Gasteiger partial charge in [0.05, 0.1) is 6.61 Å². The minimum Gasteiger partial charge on any atom is -0.444 e. The van der Waals surface area contributed by atoms with E-state index in [-0.39, 0.29) is 24.5 Å². The fourth-order valence-electron chi connectivity index (χ4n) is 1.35. The van der Waals surface area contributed by atoms with Crippen LogP contribution in [0.1, 0.15) is 41.5 Å². The first-order chi connectivity index (χ1) is 8.56. The zero-order valence-electron chi connectivity index (χ0n) is 12.6. The van der Waals surface area contributed by atoms with Crippen LogP contribution < -0.4 is 10.6 Å². The van der Waals surface area contributed by atoms with Crippen LogP contribution in [-0.2, 0) is 9.53 Å². The van der Waals surface area contributed by atoms with Crippen LogP contribution in [0.15, 0.2) is 0 Å². The summed E-state index contributed by atoms with van der Waals surface area (Å²) in [4.78, 5) is 23.6. The summed E-state index contributed by atoms with van der Waals surface area (Å²) in [7, 11) is 0. The SMILES string of the molecule is CC(C)[C@H](NC(=O)OC(C)(C)C)C(=O)N[C@H](C)CO. The number of hydrogen-bond acceptors (Lipinski definition) is 4. The third-order valence-corrected chi connectivity index (χ3v) is 2.28. The average Bonchev–Trinajstić information content (AvgIpc) is 2.22. The van der Waals surface area contributed by atoms with Crippen LogP contribution in [0.4, 0.5) is 4.79 Å². The maximum Gasteiger partial charge on any atom is 0.408 e. The molecule has 6 nitrogen and oxygen atoms in total. The number of ether oxygens (including phenoxy) is 1. The first kappa shape index (κ1) is 17.7. The number of amides is 2. The second kappa shape index (κ2) is 7.33. The molecule has 0 saturated carbocycles. The van der Waals surface area contributed by atoms with Crippen LogP contribution in [0.25, 0.3) is 0 Å². The summed E-state index contributed by atoms with van der Waals surface area (Å²) in [6, 6.07) is -1.04. The zero-order valence-corrected chi connectivity index (χ0v) is 12.6. The lowest BCUT2D eigenvalue weighted by molar-refractivity contribution is -0.125. The third kappa shape index (κ3) is 7.66. The average molecular weight is 274 g/mol. The molecule has 0 aliphatic rings. The number of aliphatic hydroxyl groups is 1. The summed E-state index contributed by atoms with van der Waals surface area (Å²) >= 11 is 0. The first-order valence-electron chi connectivity index (χ1n) is 6.47. The van der Waals surface area contributed by atoms with E-state index in [1.54, 1.807) is 27.7 Å². The monoisotopic (exact) mass is 274 g/mol. The van der Waals surface area contributed by atoms with Crippen molar-refractivity contribution >= 4 is 12.0 Å². The van der Waals surface area contributed by atoms with E-state index in [1.807, 2.05) is 13.8 Å². The number of aliphatic hydroxyl groups excluding tert-OH is 1. The fraction of sp³-hybridized carbons (Fsp3) is 0.846. The number of hydrogen-bond donors (Lipinski definition) is 3. The van der Waals surface area contributed by atoms with E-state index < -0.39 is 17.7 Å². The van der Waals surface area contributed by atoms with Gasteiger partial charge in [0.2, 0.25) is 5.91 Å². The smallest absolute Gasteiger partial charge is 0.408 e. The largest absolute Gasteiger partial charge is 0.444 e. The predicted octanol–water partition coefficient (Wildman–Crippen LogP) is 1.03. The van der Waals surface area contributed by atoms with E-state index in [2.05, 4.69) is 10.6 Å². The van der Waals surface area contributed by atoms with Crippen LogP contribution in [0.2, 0.25) is 0 Å². The lowest BCUT2D eigenvalue weighted by atomic mass is 10.0. The Hall–Kier alpha value is -1.30. The summed E-state index contributed by atoms with van der Waals surface area (Å²) < 4.78 is 5.12. The van der Waals surface area contributed by atoms with Crippen LogP contribution >= 0.6 is 0 Å². The Morgan fingerprint density at radius 1 is 1.16 bits per heavy atom. The maximum atomic E-state index is 12.0. The van der Waals surface area contributed by atoms with Gasteiger partial charge in [0.1, 0.15) is 11.6 Å². The van der Waals surface area contributed by atoms with Crippen molar-refractivity contribution in [1.82, 2.24) is 10.6 Å². The molecular formula is C13H26N2O4. The highest BCUT2D eigenvalue weighted by Gasteiger charge is 2.27. The van der Waals surface area contributed by atoms with Crippen molar-refractivity contribution in [2.75, 3.05) is 6.61 Å². The van der Waals surface area contributed by atoms with Gasteiger partial charge >= 0.3 is 6.09 Å². The van der Waals surface area contributed by atoms with Crippen molar-refractivity contribution in [1.29, 1.82) is 0 Å². The van der Waals surface area contributed by atoms with Gasteiger partial charge in [0.15, 0.2) is 0 Å². The van der Waals surface area contributed by atoms with E-state index in [0.29, 0.717) is 0 Å². The fourth-order valence-corrected chi connectivity index (χ4v) is 1.35. The predicted molar refractivity (Wildman–Crippen MR) is 72.7 cm³/mol. The van der Waals surface area contributed by atoms with Gasteiger partial charge in [-0.15, -0.1) is 0 Å². The van der Waals surface area contributed by atoms with E-state index >= 15 is 0 Å². The Labute approximate surface area is 114 Å². The number of rotatable bonds is 5. The molecule has 2 amide bonds. The molecule has 3 N–H and O–H groups in total. The van der Waals surface area contributed by atoms with E-state index in [1.165, 1.54) is 0 Å². The van der Waals surface area contributed by atoms with Crippen molar-refractivity contribution < 1.29 is 19.4 Å². The molecule has 6 heteroatoms. The van der Waals surface area contributed by atoms with Crippen LogP contribution in [0.3, 0.4) is 0 Å². The van der Waals surface area contributed by atoms with E-state index in [0.717, 1.165) is 0 Å². The van der Waals surface area contributed by atoms with Crippen LogP contribution in [0, 0.1) is 5.92 Å². The van der Waals surface area contributed by atoms with E-state index in [4.69, 9.17) is 9.84 Å². The van der Waals surface area contributed by atoms with Gasteiger partial charge in [-0.25, -0.2) is 4.79 Å². The minimum atomic E-state index is -0.691. The number of nitrogens with one attached hydrogen (secondary N) is 2. The molecule has 0 aromatic rings. The number of carbonyl (C=O) groups excluding carboxylic acids is 2. The van der Waals surface area contributed by atoms with Gasteiger partial charge < -0.3 is 20.5 Å². The first-order valence-corrected chi connectivity index (χ1v) is 6.47. The molecule has 19 heavy (non-hydrogen) atoms. The molecular weight excluding hydrogens is 248 g/mol. The summed E-state index contributed by atoms with van der Waals surface area (Å²) in [5, 5.41) is 14.1. The lowest BCUT2D eigenvalue weighted by Crippen LogP contribution is -2.53. The summed E-state index contributed by atoms with van der Waals surface area (Å²) in [5.74, 6) is -0.416. The Balaban J connectivity index is 4.58. The Morgan fingerprint density at radius 2 is 1.68 bits per heavy atom. The highest BCUT2D eigenvalue weighted by atomic mass is 16.6. The summed E-state index contributed by atoms with van der Waals surface area (Å²) in [6.07, 6.45) is -0.627. The lowest BCUT2D eigenvalue weighted by Gasteiger charge is -2.26. The van der Waals surface area contributed by atoms with Gasteiger partial charge in [0, 0.05) is 6.04 Å². The van der Waals surface area contributed by atoms with Crippen LogP contribution in [-0.4, -0.2) is 41.4 Å². The van der Waals surface area contributed by atoms with Crippen molar-refractivity contribution in [3.05, 3.63) is 0 Å². The molecule has 0 aromatic heterocycles. The highest BCUT2D eigenvalue weighted by molar-refractivity contribution is 5.86. The molecule has 0 aliphatic heterocycles. The van der Waals surface area contributed by atoms with E-state index in [9.17, 15) is 9.59 Å². The van der Waals surface area contributed by atoms with Crippen molar-refractivity contribution in [3.63, 3.8) is 0 Å². The molecule has 0 aromatic carbocycles. The number of carbonyl (C=O) groups is 2. The van der Waals surface area contributed by atoms with Crippen molar-refractivity contribution in [2.24, 2.45) is 5.92 Å². The Morgan fingerprint density at radius 3 is 2.05 bits per heavy atom. The molecule has 0 radical (unpaired) electrons. The molecule has 0 fully saturated rings. The van der Waals surface area contributed by atoms with Gasteiger partial charge in [-0.2, -0.15) is 0 Å². The van der Waals surface area contributed by atoms with Crippen molar-refractivity contribution in [3.8, 4) is 0 Å². The van der Waals surface area contributed by atoms with Crippen molar-refractivity contribution in [2.45, 2.75) is 59.2 Å². The molecule has 0 spiro atoms. The molecule has 2 atom stereocenters. The standard InChI is InChI=1S/C13H26N2O4/c1-8(2)10(11(17)14-9(3)7-16)15-12(18)19-13(4,5)6/h8-10,16H,7H2,1-6H3,(H,14,17)(H,15,18)/t9-,10+/m1/s1. The van der Waals surface area contributed by atoms with Gasteiger partial charge in [-0.1, -0.05) is 13.8 Å². The number of alkyl carbamates (subject to hydrolysis) is 1. The highest BCUT2D eigenvalue weighted by Crippen LogP contribution is 2.09. The second-order valence-corrected chi connectivity index (χ2v) is 5.96. The molecule has 0 saturated heterocycles. The molecule has 0 bridgehead atoms. The zero-order chi connectivity index (χ0) is 15.2. The van der Waals surface area contributed by atoms with Gasteiger partial charge in [0.25, 0.3) is 0 Å². The summed E-state index contributed by atoms with van der Waals surface area (Å²) in [6.45, 7) is 10.4.